The van der Waals surface area contributed by atoms with E-state index in [4.69, 9.17) is 5.11 Å². The zero-order chi connectivity index (χ0) is 9.90. The van der Waals surface area contributed by atoms with Crippen LogP contribution < -0.4 is 0 Å². The Bertz CT molecular complexity index is 254. The van der Waals surface area contributed by atoms with Crippen molar-refractivity contribution in [2.75, 3.05) is 6.61 Å². The summed E-state index contributed by atoms with van der Waals surface area (Å²) in [6, 6.07) is 9.41. The highest BCUT2D eigenvalue weighted by molar-refractivity contribution is 5.22. The van der Waals surface area contributed by atoms with Crippen LogP contribution >= 0.6 is 0 Å². The Balaban J connectivity index is 2.93. The molecule has 0 aromatic heterocycles. The van der Waals surface area contributed by atoms with Gasteiger partial charge in [-0.1, -0.05) is 37.3 Å². The molecule has 2 N–H and O–H groups in total. The second-order valence-electron chi connectivity index (χ2n) is 3.60. The maximum atomic E-state index is 10.1. The summed E-state index contributed by atoms with van der Waals surface area (Å²) in [6.07, 6.45) is 0. The molecule has 0 aliphatic rings. The Hall–Kier alpha value is -0.860. The number of hydrogen-bond donors (Lipinski definition) is 2. The molecule has 1 rings (SSSR count). The van der Waals surface area contributed by atoms with Crippen LogP contribution in [-0.2, 0) is 5.60 Å². The van der Waals surface area contributed by atoms with Crippen LogP contribution in [0.5, 0.6) is 0 Å². The molecule has 0 aliphatic carbocycles. The predicted octanol–water partition coefficient (Wildman–Crippen LogP) is 1.52. The molecule has 13 heavy (non-hydrogen) atoms. The fourth-order valence-electron chi connectivity index (χ4n) is 1.24. The van der Waals surface area contributed by atoms with Gasteiger partial charge in [0.15, 0.2) is 0 Å². The highest BCUT2D eigenvalue weighted by Crippen LogP contribution is 2.28. The molecule has 0 unspecified atom stereocenters. The maximum absolute atomic E-state index is 10.1. The van der Waals surface area contributed by atoms with Crippen molar-refractivity contribution in [2.24, 2.45) is 5.92 Å². The molecule has 0 radical (unpaired) electrons. The van der Waals surface area contributed by atoms with Gasteiger partial charge in [-0.15, -0.1) is 0 Å². The summed E-state index contributed by atoms with van der Waals surface area (Å²) in [5.74, 6) is -0.158. The molecule has 2 nitrogen and oxygen atoms in total. The lowest BCUT2D eigenvalue weighted by Crippen LogP contribution is -2.32. The summed E-state index contributed by atoms with van der Waals surface area (Å²) in [5.41, 5.74) is -0.104. The molecule has 0 heterocycles. The molecular weight excluding hydrogens is 164 g/mol. The van der Waals surface area contributed by atoms with Crippen LogP contribution in [0.25, 0.3) is 0 Å². The summed E-state index contributed by atoms with van der Waals surface area (Å²) < 4.78 is 0. The lowest BCUT2D eigenvalue weighted by atomic mass is 9.85. The normalized spacial score (nSPS) is 17.8. The summed E-state index contributed by atoms with van der Waals surface area (Å²) in [7, 11) is 0. The summed E-state index contributed by atoms with van der Waals surface area (Å²) >= 11 is 0. The number of rotatable bonds is 3. The van der Waals surface area contributed by atoms with Gasteiger partial charge in [0, 0.05) is 12.5 Å². The first-order valence-electron chi connectivity index (χ1n) is 4.47. The smallest absolute Gasteiger partial charge is 0.0915 e. The molecule has 0 bridgehead atoms. The van der Waals surface area contributed by atoms with E-state index in [9.17, 15) is 5.11 Å². The van der Waals surface area contributed by atoms with Gasteiger partial charge in [0.05, 0.1) is 5.60 Å². The lowest BCUT2D eigenvalue weighted by molar-refractivity contribution is -0.0210. The molecule has 0 spiro atoms. The molecule has 0 saturated carbocycles. The van der Waals surface area contributed by atoms with Crippen molar-refractivity contribution in [2.45, 2.75) is 19.4 Å². The van der Waals surface area contributed by atoms with E-state index >= 15 is 0 Å². The molecule has 0 aliphatic heterocycles. The highest BCUT2D eigenvalue weighted by atomic mass is 16.3. The van der Waals surface area contributed by atoms with E-state index in [2.05, 4.69) is 0 Å². The second-order valence-corrected chi connectivity index (χ2v) is 3.60. The average molecular weight is 180 g/mol. The summed E-state index contributed by atoms with van der Waals surface area (Å²) in [5, 5.41) is 19.1. The Labute approximate surface area is 78.8 Å². The fourth-order valence-corrected chi connectivity index (χ4v) is 1.24. The van der Waals surface area contributed by atoms with Crippen molar-refractivity contribution in [1.82, 2.24) is 0 Å². The first kappa shape index (κ1) is 10.2. The van der Waals surface area contributed by atoms with Crippen LogP contribution in [-0.4, -0.2) is 16.8 Å². The average Bonchev–Trinajstić information content (AvgIpc) is 2.18. The van der Waals surface area contributed by atoms with Crippen molar-refractivity contribution >= 4 is 0 Å². The maximum Gasteiger partial charge on any atom is 0.0915 e. The number of aliphatic hydroxyl groups is 2. The first-order chi connectivity index (χ1) is 6.09. The van der Waals surface area contributed by atoms with Crippen LogP contribution in [0.4, 0.5) is 0 Å². The Kier molecular flexibility index (Phi) is 3.07. The van der Waals surface area contributed by atoms with E-state index in [0.29, 0.717) is 0 Å². The van der Waals surface area contributed by atoms with Crippen LogP contribution in [0.1, 0.15) is 19.4 Å². The van der Waals surface area contributed by atoms with Gasteiger partial charge in [0.2, 0.25) is 0 Å². The molecule has 0 saturated heterocycles. The largest absolute Gasteiger partial charge is 0.396 e. The van der Waals surface area contributed by atoms with E-state index in [0.717, 1.165) is 5.56 Å². The van der Waals surface area contributed by atoms with Gasteiger partial charge >= 0.3 is 0 Å². The molecule has 0 amide bonds. The second kappa shape index (κ2) is 3.90. The zero-order valence-electron chi connectivity index (χ0n) is 8.07. The Morgan fingerprint density at radius 2 is 1.85 bits per heavy atom. The van der Waals surface area contributed by atoms with Gasteiger partial charge in [0.25, 0.3) is 0 Å². The van der Waals surface area contributed by atoms with Crippen molar-refractivity contribution in [3.63, 3.8) is 0 Å². The third-order valence-corrected chi connectivity index (χ3v) is 2.59. The summed E-state index contributed by atoms with van der Waals surface area (Å²) in [6.45, 7) is 3.54. The highest BCUT2D eigenvalue weighted by Gasteiger charge is 2.29. The number of benzene rings is 1. The minimum atomic E-state index is -0.948. The molecule has 1 aromatic rings. The van der Waals surface area contributed by atoms with Crippen molar-refractivity contribution in [3.8, 4) is 0 Å². The minimum Gasteiger partial charge on any atom is -0.396 e. The van der Waals surface area contributed by atoms with Gasteiger partial charge < -0.3 is 10.2 Å². The molecule has 2 heteroatoms. The lowest BCUT2D eigenvalue weighted by Gasteiger charge is -2.29. The standard InChI is InChI=1S/C11H16O2/c1-9(8-12)11(2,13)10-6-4-3-5-7-10/h3-7,9,12-13H,8H2,1-2H3/t9-,11-/m0/s1. The fraction of sp³-hybridized carbons (Fsp3) is 0.455. The quantitative estimate of drug-likeness (QED) is 0.740. The van der Waals surface area contributed by atoms with Gasteiger partial charge in [-0.05, 0) is 12.5 Å². The number of aliphatic hydroxyl groups excluding tert-OH is 1. The third kappa shape index (κ3) is 2.08. The zero-order valence-corrected chi connectivity index (χ0v) is 8.07. The van der Waals surface area contributed by atoms with Crippen molar-refractivity contribution < 1.29 is 10.2 Å². The van der Waals surface area contributed by atoms with E-state index in [1.807, 2.05) is 37.3 Å². The first-order valence-corrected chi connectivity index (χ1v) is 4.47. The van der Waals surface area contributed by atoms with Gasteiger partial charge in [0.1, 0.15) is 0 Å². The number of hydrogen-bond acceptors (Lipinski definition) is 2. The SMILES string of the molecule is C[C@@H](CO)[C@](C)(O)c1ccccc1. The Morgan fingerprint density at radius 1 is 1.31 bits per heavy atom. The molecular formula is C11H16O2. The van der Waals surface area contributed by atoms with Gasteiger partial charge in [-0.2, -0.15) is 0 Å². The van der Waals surface area contributed by atoms with Gasteiger partial charge in [-0.25, -0.2) is 0 Å². The summed E-state index contributed by atoms with van der Waals surface area (Å²) in [4.78, 5) is 0. The van der Waals surface area contributed by atoms with Crippen LogP contribution in [0.3, 0.4) is 0 Å². The minimum absolute atomic E-state index is 0.0120. The monoisotopic (exact) mass is 180 g/mol. The van der Waals surface area contributed by atoms with Crippen molar-refractivity contribution in [1.29, 1.82) is 0 Å². The molecule has 72 valence electrons. The molecule has 0 fully saturated rings. The third-order valence-electron chi connectivity index (χ3n) is 2.59. The van der Waals surface area contributed by atoms with E-state index in [1.165, 1.54) is 0 Å². The molecule has 2 atom stereocenters. The van der Waals surface area contributed by atoms with Gasteiger partial charge in [-0.3, -0.25) is 0 Å². The van der Waals surface area contributed by atoms with E-state index in [-0.39, 0.29) is 12.5 Å². The van der Waals surface area contributed by atoms with Crippen molar-refractivity contribution in [3.05, 3.63) is 35.9 Å². The van der Waals surface area contributed by atoms with E-state index < -0.39 is 5.60 Å². The van der Waals surface area contributed by atoms with Crippen LogP contribution in [0.15, 0.2) is 30.3 Å². The Morgan fingerprint density at radius 3 is 2.31 bits per heavy atom. The van der Waals surface area contributed by atoms with Crippen LogP contribution in [0.2, 0.25) is 0 Å². The molecule has 1 aromatic carbocycles. The van der Waals surface area contributed by atoms with E-state index in [1.54, 1.807) is 6.92 Å². The van der Waals surface area contributed by atoms with Crippen LogP contribution in [0, 0.1) is 5.92 Å². The topological polar surface area (TPSA) is 40.5 Å². The predicted molar refractivity (Wildman–Crippen MR) is 52.3 cm³/mol.